The van der Waals surface area contributed by atoms with Crippen LogP contribution in [0.15, 0.2) is 12.1 Å². The van der Waals surface area contributed by atoms with E-state index in [1.165, 1.54) is 6.92 Å². The Hall–Kier alpha value is -1.04. The van der Waals surface area contributed by atoms with Crippen molar-refractivity contribution >= 4 is 16.9 Å². The molecule has 2 unspecified atom stereocenters. The summed E-state index contributed by atoms with van der Waals surface area (Å²) in [6.07, 6.45) is -1.97. The Kier molecular flexibility index (Phi) is 7.13. The van der Waals surface area contributed by atoms with Crippen molar-refractivity contribution in [3.8, 4) is 5.75 Å². The number of carbonyl (C=O) groups is 1. The van der Waals surface area contributed by atoms with Gasteiger partial charge in [-0.1, -0.05) is 59.4 Å². The van der Waals surface area contributed by atoms with E-state index in [-0.39, 0.29) is 28.1 Å². The van der Waals surface area contributed by atoms with Crippen LogP contribution < -0.4 is 0 Å². The Morgan fingerprint density at radius 2 is 1.64 bits per heavy atom. The van der Waals surface area contributed by atoms with Crippen LogP contribution >= 0.6 is 11.8 Å². The first kappa shape index (κ1) is 22.0. The second-order valence-corrected chi connectivity index (χ2v) is 9.87. The van der Waals surface area contributed by atoms with Crippen molar-refractivity contribution in [2.75, 3.05) is 5.75 Å². The van der Waals surface area contributed by atoms with Crippen LogP contribution in [0, 0.1) is 0 Å². The zero-order valence-corrected chi connectivity index (χ0v) is 17.2. The largest absolute Gasteiger partial charge is 0.507 e. The SMILES string of the molecule is CC(=O)SCCC(O)C(O)c1cc(C(C)(C)C)cc(C(C)(C)C)c1O. The molecule has 0 aliphatic heterocycles. The number of phenolic OH excluding ortho intramolecular Hbond substituents is 1. The van der Waals surface area contributed by atoms with Crippen LogP contribution in [0.2, 0.25) is 0 Å². The van der Waals surface area contributed by atoms with Gasteiger partial charge < -0.3 is 15.3 Å². The Balaban J connectivity index is 3.26. The summed E-state index contributed by atoms with van der Waals surface area (Å²) < 4.78 is 0. The molecule has 1 rings (SSSR count). The summed E-state index contributed by atoms with van der Waals surface area (Å²) >= 11 is 1.12. The number of thioether (sulfide) groups is 1. The van der Waals surface area contributed by atoms with E-state index in [1.807, 2.05) is 26.8 Å². The van der Waals surface area contributed by atoms with Crippen LogP contribution in [0.4, 0.5) is 0 Å². The van der Waals surface area contributed by atoms with E-state index in [0.717, 1.165) is 22.9 Å². The molecule has 0 spiro atoms. The molecule has 0 aliphatic rings. The van der Waals surface area contributed by atoms with E-state index < -0.39 is 12.2 Å². The van der Waals surface area contributed by atoms with Gasteiger partial charge in [-0.25, -0.2) is 0 Å². The lowest BCUT2D eigenvalue weighted by Gasteiger charge is -2.29. The predicted molar refractivity (Wildman–Crippen MR) is 104 cm³/mol. The maximum Gasteiger partial charge on any atom is 0.185 e. The lowest BCUT2D eigenvalue weighted by molar-refractivity contribution is -0.109. The van der Waals surface area contributed by atoms with Crippen molar-refractivity contribution in [2.24, 2.45) is 0 Å². The van der Waals surface area contributed by atoms with Crippen molar-refractivity contribution in [3.63, 3.8) is 0 Å². The molecule has 0 heterocycles. The number of carbonyl (C=O) groups excluding carboxylic acids is 1. The van der Waals surface area contributed by atoms with Crippen molar-refractivity contribution < 1.29 is 20.1 Å². The van der Waals surface area contributed by atoms with Gasteiger partial charge in [-0.15, -0.1) is 0 Å². The standard InChI is InChI=1S/C20H32O4S/c1-12(21)25-9-8-16(22)18(24)14-10-13(19(2,3)4)11-15(17(14)23)20(5,6)7/h10-11,16,18,22-24H,8-9H2,1-7H3. The highest BCUT2D eigenvalue weighted by atomic mass is 32.2. The van der Waals surface area contributed by atoms with Crippen LogP contribution in [0.25, 0.3) is 0 Å². The molecular formula is C20H32O4S. The number of aliphatic hydroxyl groups is 2. The molecular weight excluding hydrogens is 336 g/mol. The maximum atomic E-state index is 11.0. The van der Waals surface area contributed by atoms with Gasteiger partial charge in [0.15, 0.2) is 5.12 Å². The number of hydrogen-bond acceptors (Lipinski definition) is 5. The average molecular weight is 369 g/mol. The molecule has 0 radical (unpaired) electrons. The minimum Gasteiger partial charge on any atom is -0.507 e. The number of hydrogen-bond donors (Lipinski definition) is 3. The van der Waals surface area contributed by atoms with E-state index in [1.54, 1.807) is 6.07 Å². The second kappa shape index (κ2) is 8.11. The number of aliphatic hydroxyl groups excluding tert-OH is 2. The molecule has 0 fully saturated rings. The molecule has 0 aliphatic carbocycles. The Labute approximate surface area is 155 Å². The third-order valence-corrected chi connectivity index (χ3v) is 5.06. The molecule has 5 heteroatoms. The molecule has 142 valence electrons. The van der Waals surface area contributed by atoms with Crippen LogP contribution in [0.5, 0.6) is 5.75 Å². The Morgan fingerprint density at radius 1 is 1.08 bits per heavy atom. The molecule has 3 N–H and O–H groups in total. The number of rotatable bonds is 5. The summed E-state index contributed by atoms with van der Waals surface area (Å²) in [6, 6.07) is 3.75. The van der Waals surface area contributed by atoms with Gasteiger partial charge >= 0.3 is 0 Å². The van der Waals surface area contributed by atoms with Gasteiger partial charge in [0.2, 0.25) is 0 Å². The van der Waals surface area contributed by atoms with Gasteiger partial charge in [-0.2, -0.15) is 0 Å². The highest BCUT2D eigenvalue weighted by molar-refractivity contribution is 8.13. The molecule has 0 bridgehead atoms. The van der Waals surface area contributed by atoms with Gasteiger partial charge in [0.25, 0.3) is 0 Å². The molecule has 0 saturated carbocycles. The third kappa shape index (κ3) is 6.01. The molecule has 1 aromatic rings. The summed E-state index contributed by atoms with van der Waals surface area (Å²) in [6.45, 7) is 13.7. The van der Waals surface area contributed by atoms with E-state index >= 15 is 0 Å². The predicted octanol–water partition coefficient (Wildman–Crippen LogP) is 4.05. The van der Waals surface area contributed by atoms with E-state index in [0.29, 0.717) is 11.3 Å². The van der Waals surface area contributed by atoms with Crippen molar-refractivity contribution in [1.29, 1.82) is 0 Å². The minimum absolute atomic E-state index is 0.0192. The summed E-state index contributed by atoms with van der Waals surface area (Å²) in [4.78, 5) is 11.0. The molecule has 0 saturated heterocycles. The van der Waals surface area contributed by atoms with Crippen LogP contribution in [0.3, 0.4) is 0 Å². The van der Waals surface area contributed by atoms with Gasteiger partial charge in [0.1, 0.15) is 11.9 Å². The number of benzene rings is 1. The Morgan fingerprint density at radius 3 is 2.08 bits per heavy atom. The van der Waals surface area contributed by atoms with E-state index in [4.69, 9.17) is 0 Å². The topological polar surface area (TPSA) is 77.8 Å². The van der Waals surface area contributed by atoms with E-state index in [9.17, 15) is 20.1 Å². The molecule has 0 aromatic heterocycles. The fourth-order valence-electron chi connectivity index (χ4n) is 2.58. The first-order valence-electron chi connectivity index (χ1n) is 8.62. The molecule has 25 heavy (non-hydrogen) atoms. The lowest BCUT2D eigenvalue weighted by atomic mass is 9.78. The first-order valence-corrected chi connectivity index (χ1v) is 9.61. The highest BCUT2D eigenvalue weighted by Crippen LogP contribution is 2.40. The Bertz CT molecular complexity index is 611. The zero-order valence-electron chi connectivity index (χ0n) is 16.4. The monoisotopic (exact) mass is 368 g/mol. The van der Waals surface area contributed by atoms with Crippen LogP contribution in [0.1, 0.15) is 77.7 Å². The lowest BCUT2D eigenvalue weighted by Crippen LogP contribution is -2.23. The molecule has 2 atom stereocenters. The van der Waals surface area contributed by atoms with E-state index in [2.05, 4.69) is 20.8 Å². The summed E-state index contributed by atoms with van der Waals surface area (Å²) in [7, 11) is 0. The van der Waals surface area contributed by atoms with Gasteiger partial charge in [-0.05, 0) is 34.4 Å². The number of phenols is 1. The number of aromatic hydroxyl groups is 1. The van der Waals surface area contributed by atoms with Crippen LogP contribution in [-0.2, 0) is 15.6 Å². The fourth-order valence-corrected chi connectivity index (χ4v) is 3.22. The minimum atomic E-state index is -1.20. The first-order chi connectivity index (χ1) is 11.2. The summed E-state index contributed by atoms with van der Waals surface area (Å²) in [5, 5.41) is 31.6. The average Bonchev–Trinajstić information content (AvgIpc) is 2.43. The van der Waals surface area contributed by atoms with Gasteiger partial charge in [0.05, 0.1) is 6.10 Å². The smallest absolute Gasteiger partial charge is 0.185 e. The van der Waals surface area contributed by atoms with Crippen molar-refractivity contribution in [1.82, 2.24) is 0 Å². The molecule has 1 aromatic carbocycles. The third-order valence-electron chi connectivity index (χ3n) is 4.22. The highest BCUT2D eigenvalue weighted by Gasteiger charge is 2.29. The van der Waals surface area contributed by atoms with Crippen molar-refractivity contribution in [2.45, 2.75) is 77.9 Å². The summed E-state index contributed by atoms with van der Waals surface area (Å²) in [5.74, 6) is 0.464. The second-order valence-electron chi connectivity index (χ2n) is 8.60. The van der Waals surface area contributed by atoms with Crippen molar-refractivity contribution in [3.05, 3.63) is 28.8 Å². The quantitative estimate of drug-likeness (QED) is 0.731. The fraction of sp³-hybridized carbons (Fsp3) is 0.650. The molecule has 0 amide bonds. The summed E-state index contributed by atoms with van der Waals surface area (Å²) in [5.41, 5.74) is 1.64. The van der Waals surface area contributed by atoms with Crippen LogP contribution in [-0.4, -0.2) is 32.3 Å². The van der Waals surface area contributed by atoms with Gasteiger partial charge in [0, 0.05) is 18.2 Å². The molecule has 4 nitrogen and oxygen atoms in total. The normalized spacial score (nSPS) is 15.1. The maximum absolute atomic E-state index is 11.0. The van der Waals surface area contributed by atoms with Gasteiger partial charge in [-0.3, -0.25) is 4.79 Å². The zero-order chi connectivity index (χ0) is 19.6.